The van der Waals surface area contributed by atoms with E-state index in [9.17, 15) is 8.42 Å². The van der Waals surface area contributed by atoms with Gasteiger partial charge in [-0.2, -0.15) is 0 Å². The summed E-state index contributed by atoms with van der Waals surface area (Å²) >= 11 is 8.01. The van der Waals surface area contributed by atoms with Gasteiger partial charge in [0.1, 0.15) is 0 Å². The van der Waals surface area contributed by atoms with Gasteiger partial charge in [0.25, 0.3) is 0 Å². The maximum Gasteiger partial charge on any atom is 0.216 e. The molecule has 5 nitrogen and oxygen atoms in total. The fraction of sp³-hybridized carbons (Fsp3) is 0.381. The van der Waals surface area contributed by atoms with Crippen LogP contribution in [-0.2, 0) is 15.6 Å². The summed E-state index contributed by atoms with van der Waals surface area (Å²) in [5.41, 5.74) is 0.877. The molecule has 2 aromatic rings. The number of nitrogens with one attached hydrogen (secondary N) is 1. The molecule has 8 heteroatoms. The lowest BCUT2D eigenvalue weighted by molar-refractivity contribution is 0.419. The van der Waals surface area contributed by atoms with Crippen molar-refractivity contribution in [1.29, 1.82) is 0 Å². The molecule has 0 amide bonds. The second-order valence-electron chi connectivity index (χ2n) is 6.86. The van der Waals surface area contributed by atoms with Crippen molar-refractivity contribution in [3.8, 4) is 22.3 Å². The van der Waals surface area contributed by atoms with E-state index in [0.29, 0.717) is 18.0 Å². The smallest absolute Gasteiger partial charge is 0.216 e. The number of pyridine rings is 1. The number of rotatable bonds is 9. The average Bonchev–Trinajstić information content (AvgIpc) is 3.08. The van der Waals surface area contributed by atoms with E-state index in [1.54, 1.807) is 39.5 Å². The van der Waals surface area contributed by atoms with Gasteiger partial charge in [-0.15, -0.1) is 23.8 Å². The predicted molar refractivity (Wildman–Crippen MR) is 123 cm³/mol. The minimum Gasteiger partial charge on any atom is -0.309 e. The second kappa shape index (κ2) is 9.88. The van der Waals surface area contributed by atoms with Gasteiger partial charge in [0.15, 0.2) is 0 Å². The molecular formula is C21H26ClN3O2S2. The lowest BCUT2D eigenvalue weighted by atomic mass is 10.0. The van der Waals surface area contributed by atoms with Crippen molar-refractivity contribution in [2.75, 3.05) is 26.4 Å². The van der Waals surface area contributed by atoms with Gasteiger partial charge in [-0.25, -0.2) is 12.7 Å². The summed E-state index contributed by atoms with van der Waals surface area (Å²) in [6, 6.07) is 3.80. The highest BCUT2D eigenvalue weighted by atomic mass is 35.5. The quantitative estimate of drug-likeness (QED) is 0.460. The molecule has 0 aliphatic rings. The SMILES string of the molecule is C=CCCN(C)S(=O)(=O)CC(C)(NC)c1sc(-c2cncc(C#CC)c2)cc1Cl. The number of hydrogen-bond acceptors (Lipinski definition) is 5. The van der Waals surface area contributed by atoms with E-state index >= 15 is 0 Å². The first-order valence-corrected chi connectivity index (χ1v) is 11.9. The first-order valence-electron chi connectivity index (χ1n) is 9.08. The molecule has 0 fully saturated rings. The van der Waals surface area contributed by atoms with Crippen LogP contribution >= 0.6 is 22.9 Å². The molecule has 2 rings (SSSR count). The maximum absolute atomic E-state index is 12.9. The van der Waals surface area contributed by atoms with Crippen molar-refractivity contribution in [1.82, 2.24) is 14.6 Å². The van der Waals surface area contributed by atoms with E-state index < -0.39 is 15.6 Å². The highest BCUT2D eigenvalue weighted by Gasteiger charge is 2.36. The molecule has 0 saturated carbocycles. The van der Waals surface area contributed by atoms with Crippen molar-refractivity contribution in [3.05, 3.63) is 52.6 Å². The molecule has 156 valence electrons. The van der Waals surface area contributed by atoms with Gasteiger partial charge in [-0.3, -0.25) is 4.98 Å². The van der Waals surface area contributed by atoms with E-state index in [1.807, 2.05) is 19.1 Å². The van der Waals surface area contributed by atoms with E-state index in [-0.39, 0.29) is 5.75 Å². The Morgan fingerprint density at radius 1 is 1.41 bits per heavy atom. The number of hydrogen-bond donors (Lipinski definition) is 1. The molecule has 29 heavy (non-hydrogen) atoms. The zero-order valence-electron chi connectivity index (χ0n) is 17.1. The Morgan fingerprint density at radius 3 is 2.76 bits per heavy atom. The fourth-order valence-corrected chi connectivity index (χ4v) is 6.21. The van der Waals surface area contributed by atoms with Gasteiger partial charge in [-0.05, 0) is 39.4 Å². The van der Waals surface area contributed by atoms with Crippen molar-refractivity contribution < 1.29 is 8.42 Å². The molecule has 1 unspecified atom stereocenters. The summed E-state index contributed by atoms with van der Waals surface area (Å²) in [4.78, 5) is 5.93. The Kier molecular flexibility index (Phi) is 8.03. The lowest BCUT2D eigenvalue weighted by Crippen LogP contribution is -2.46. The maximum atomic E-state index is 12.9. The highest BCUT2D eigenvalue weighted by molar-refractivity contribution is 7.89. The third-order valence-electron chi connectivity index (χ3n) is 4.63. The highest BCUT2D eigenvalue weighted by Crippen LogP contribution is 2.41. The molecule has 2 aromatic heterocycles. The van der Waals surface area contributed by atoms with Crippen LogP contribution in [0.4, 0.5) is 0 Å². The van der Waals surface area contributed by atoms with Crippen molar-refractivity contribution in [2.24, 2.45) is 0 Å². The van der Waals surface area contributed by atoms with Crippen LogP contribution in [0, 0.1) is 11.8 Å². The number of aromatic nitrogens is 1. The number of nitrogens with zero attached hydrogens (tertiary/aromatic N) is 2. The van der Waals surface area contributed by atoms with Crippen LogP contribution in [0.15, 0.2) is 37.2 Å². The Labute approximate surface area is 182 Å². The number of sulfonamides is 1. The summed E-state index contributed by atoms with van der Waals surface area (Å²) in [5, 5.41) is 3.69. The van der Waals surface area contributed by atoms with Gasteiger partial charge in [-0.1, -0.05) is 23.6 Å². The van der Waals surface area contributed by atoms with Crippen LogP contribution in [-0.4, -0.2) is 44.1 Å². The molecule has 0 saturated heterocycles. The van der Waals surface area contributed by atoms with Crippen molar-refractivity contribution in [2.45, 2.75) is 25.8 Å². The van der Waals surface area contributed by atoms with E-state index in [2.05, 4.69) is 28.7 Å². The zero-order chi connectivity index (χ0) is 21.7. The fourth-order valence-electron chi connectivity index (χ4n) is 2.81. The Morgan fingerprint density at radius 2 is 2.14 bits per heavy atom. The Hall–Kier alpha value is -1.69. The zero-order valence-corrected chi connectivity index (χ0v) is 19.5. The average molecular weight is 452 g/mol. The third-order valence-corrected chi connectivity index (χ3v) is 8.56. The molecule has 1 atom stereocenters. The molecule has 0 aliphatic heterocycles. The summed E-state index contributed by atoms with van der Waals surface area (Å²) in [5.74, 6) is 5.75. The van der Waals surface area contributed by atoms with Gasteiger partial charge >= 0.3 is 0 Å². The molecule has 0 bridgehead atoms. The topological polar surface area (TPSA) is 62.3 Å². The van der Waals surface area contributed by atoms with Crippen molar-refractivity contribution in [3.63, 3.8) is 0 Å². The van der Waals surface area contributed by atoms with Gasteiger partial charge in [0.2, 0.25) is 10.0 Å². The van der Waals surface area contributed by atoms with Crippen LogP contribution in [0.1, 0.15) is 30.7 Å². The van der Waals surface area contributed by atoms with Crippen LogP contribution in [0.2, 0.25) is 5.02 Å². The summed E-state index contributed by atoms with van der Waals surface area (Å²) in [7, 11) is -0.167. The van der Waals surface area contributed by atoms with E-state index in [4.69, 9.17) is 11.6 Å². The standard InChI is InChI=1S/C21H26ClN3O2S2/c1-6-8-10-25(5)29(26,27)15-21(3,23-4)20-18(22)12-19(28-20)17-11-16(9-7-2)13-24-14-17/h6,11-14,23H,1,8,10,15H2,2-5H3. The minimum absolute atomic E-state index is 0.108. The molecular weight excluding hydrogens is 426 g/mol. The molecule has 0 aliphatic carbocycles. The molecule has 0 aromatic carbocycles. The molecule has 0 radical (unpaired) electrons. The van der Waals surface area contributed by atoms with Gasteiger partial charge < -0.3 is 5.32 Å². The van der Waals surface area contributed by atoms with Crippen LogP contribution in [0.25, 0.3) is 10.4 Å². The summed E-state index contributed by atoms with van der Waals surface area (Å²) in [6.45, 7) is 7.67. The van der Waals surface area contributed by atoms with Gasteiger partial charge in [0.05, 0.1) is 16.3 Å². The van der Waals surface area contributed by atoms with Gasteiger partial charge in [0, 0.05) is 46.9 Å². The first-order chi connectivity index (χ1) is 13.7. The molecule has 2 heterocycles. The van der Waals surface area contributed by atoms with E-state index in [0.717, 1.165) is 20.9 Å². The van der Waals surface area contributed by atoms with Crippen LogP contribution in [0.5, 0.6) is 0 Å². The lowest BCUT2D eigenvalue weighted by Gasteiger charge is -2.30. The Bertz CT molecular complexity index is 1040. The van der Waals surface area contributed by atoms with Crippen molar-refractivity contribution >= 4 is 33.0 Å². The molecule has 0 spiro atoms. The largest absolute Gasteiger partial charge is 0.309 e. The summed E-state index contributed by atoms with van der Waals surface area (Å²) < 4.78 is 27.1. The number of thiophene rings is 1. The second-order valence-corrected chi connectivity index (χ2v) is 10.4. The predicted octanol–water partition coefficient (Wildman–Crippen LogP) is 4.11. The van der Waals surface area contributed by atoms with Crippen LogP contribution < -0.4 is 5.32 Å². The normalized spacial score (nSPS) is 13.6. The number of halogens is 1. The Balaban J connectivity index is 2.39. The first kappa shape index (κ1) is 23.6. The molecule has 1 N–H and O–H groups in total. The van der Waals surface area contributed by atoms with E-state index in [1.165, 1.54) is 15.6 Å². The monoisotopic (exact) mass is 451 g/mol. The summed E-state index contributed by atoms with van der Waals surface area (Å²) in [6.07, 6.45) is 5.76. The minimum atomic E-state index is -3.50. The van der Waals surface area contributed by atoms with Crippen LogP contribution in [0.3, 0.4) is 0 Å². The third kappa shape index (κ3) is 5.68.